The molecule has 0 atom stereocenters. The van der Waals surface area contributed by atoms with E-state index in [-0.39, 0.29) is 11.2 Å². The standard InChI is InChI=1S/C25H24BN3O2/c1-24(2)25(3,4)31-26(30-24)18-9-10-23-21(14-18)20-7-5-6-8-22(20)29(23)16-19-13-17(15-27)11-12-28-19/h5-14H,16H2,1-4H3. The largest absolute Gasteiger partial charge is 0.494 e. The second-order valence-corrected chi connectivity index (χ2v) is 9.12. The number of benzene rings is 2. The molecule has 5 nitrogen and oxygen atoms in total. The van der Waals surface area contributed by atoms with Gasteiger partial charge in [0.1, 0.15) is 0 Å². The third-order valence-corrected chi connectivity index (χ3v) is 6.59. The molecule has 31 heavy (non-hydrogen) atoms. The molecule has 2 aromatic heterocycles. The zero-order chi connectivity index (χ0) is 21.8. The third kappa shape index (κ3) is 3.22. The van der Waals surface area contributed by atoms with Crippen molar-refractivity contribution in [2.24, 2.45) is 0 Å². The molecule has 0 N–H and O–H groups in total. The van der Waals surface area contributed by atoms with Crippen molar-refractivity contribution in [2.45, 2.75) is 45.4 Å². The SMILES string of the molecule is CC1(C)OB(c2ccc3c(c2)c2ccccc2n3Cc2cc(C#N)ccn2)OC1(C)C. The number of hydrogen-bond acceptors (Lipinski definition) is 4. The average molecular weight is 409 g/mol. The molecule has 0 radical (unpaired) electrons. The maximum Gasteiger partial charge on any atom is 0.494 e. The van der Waals surface area contributed by atoms with Gasteiger partial charge in [0.25, 0.3) is 0 Å². The monoisotopic (exact) mass is 409 g/mol. The summed E-state index contributed by atoms with van der Waals surface area (Å²) >= 11 is 0. The first-order chi connectivity index (χ1) is 14.8. The maximum absolute atomic E-state index is 9.23. The van der Waals surface area contributed by atoms with Crippen molar-refractivity contribution < 1.29 is 9.31 Å². The molecule has 1 aliphatic rings. The van der Waals surface area contributed by atoms with Crippen LogP contribution in [0, 0.1) is 11.3 Å². The smallest absolute Gasteiger partial charge is 0.399 e. The minimum absolute atomic E-state index is 0.377. The summed E-state index contributed by atoms with van der Waals surface area (Å²) < 4.78 is 14.8. The van der Waals surface area contributed by atoms with E-state index in [1.807, 2.05) is 12.1 Å². The van der Waals surface area contributed by atoms with Gasteiger partial charge >= 0.3 is 7.12 Å². The van der Waals surface area contributed by atoms with Gasteiger partial charge in [-0.1, -0.05) is 30.3 Å². The molecule has 1 aliphatic heterocycles. The molecule has 6 heteroatoms. The average Bonchev–Trinajstić information content (AvgIpc) is 3.18. The minimum Gasteiger partial charge on any atom is -0.399 e. The maximum atomic E-state index is 9.23. The molecule has 0 amide bonds. The van der Waals surface area contributed by atoms with E-state index in [0.29, 0.717) is 12.1 Å². The summed E-state index contributed by atoms with van der Waals surface area (Å²) in [6, 6.07) is 20.5. The number of rotatable bonds is 3. The van der Waals surface area contributed by atoms with Gasteiger partial charge in [-0.2, -0.15) is 5.26 Å². The molecule has 0 unspecified atom stereocenters. The van der Waals surface area contributed by atoms with Crippen LogP contribution in [-0.4, -0.2) is 27.9 Å². The van der Waals surface area contributed by atoms with E-state index in [2.05, 4.69) is 79.7 Å². The Bertz CT molecular complexity index is 1330. The van der Waals surface area contributed by atoms with Gasteiger partial charge in [0.05, 0.1) is 35.1 Å². The van der Waals surface area contributed by atoms with Crippen molar-refractivity contribution in [2.75, 3.05) is 0 Å². The lowest BCUT2D eigenvalue weighted by atomic mass is 9.78. The van der Waals surface area contributed by atoms with Gasteiger partial charge in [-0.05, 0) is 57.4 Å². The second kappa shape index (κ2) is 6.95. The van der Waals surface area contributed by atoms with E-state index in [0.717, 1.165) is 27.6 Å². The fourth-order valence-electron chi connectivity index (χ4n) is 4.16. The highest BCUT2D eigenvalue weighted by Crippen LogP contribution is 2.37. The van der Waals surface area contributed by atoms with Crippen LogP contribution in [0.3, 0.4) is 0 Å². The summed E-state index contributed by atoms with van der Waals surface area (Å²) in [5, 5.41) is 11.6. The van der Waals surface area contributed by atoms with Gasteiger partial charge in [-0.25, -0.2) is 0 Å². The van der Waals surface area contributed by atoms with Crippen molar-refractivity contribution >= 4 is 34.4 Å². The molecule has 4 aromatic rings. The summed E-state index contributed by atoms with van der Waals surface area (Å²) in [7, 11) is -0.398. The Balaban J connectivity index is 1.62. The van der Waals surface area contributed by atoms with Gasteiger partial charge in [0, 0.05) is 28.0 Å². The molecule has 1 saturated heterocycles. The van der Waals surface area contributed by atoms with Crippen LogP contribution in [0.15, 0.2) is 60.8 Å². The van der Waals surface area contributed by atoms with Crippen molar-refractivity contribution in [1.82, 2.24) is 9.55 Å². The molecule has 0 saturated carbocycles. The van der Waals surface area contributed by atoms with Gasteiger partial charge < -0.3 is 13.9 Å². The van der Waals surface area contributed by atoms with E-state index >= 15 is 0 Å². The molecular weight excluding hydrogens is 385 g/mol. The summed E-state index contributed by atoms with van der Waals surface area (Å²) in [4.78, 5) is 4.48. The topological polar surface area (TPSA) is 60.1 Å². The van der Waals surface area contributed by atoms with E-state index in [1.54, 1.807) is 12.3 Å². The number of nitrogens with zero attached hydrogens (tertiary/aromatic N) is 3. The summed E-state index contributed by atoms with van der Waals surface area (Å²) in [5.41, 5.74) is 3.98. The minimum atomic E-state index is -0.398. The Hall–Kier alpha value is -3.14. The molecule has 5 rings (SSSR count). The molecule has 0 spiro atoms. The highest BCUT2D eigenvalue weighted by atomic mass is 16.7. The summed E-state index contributed by atoms with van der Waals surface area (Å²) in [6.07, 6.45) is 1.69. The van der Waals surface area contributed by atoms with E-state index < -0.39 is 7.12 Å². The predicted octanol–water partition coefficient (Wildman–Crippen LogP) is 4.41. The second-order valence-electron chi connectivity index (χ2n) is 9.12. The fourth-order valence-corrected chi connectivity index (χ4v) is 4.16. The quantitative estimate of drug-likeness (QED) is 0.471. The summed E-state index contributed by atoms with van der Waals surface area (Å²) in [6.45, 7) is 8.87. The lowest BCUT2D eigenvalue weighted by Gasteiger charge is -2.32. The Morgan fingerprint density at radius 1 is 0.935 bits per heavy atom. The van der Waals surface area contributed by atoms with E-state index in [9.17, 15) is 5.26 Å². The van der Waals surface area contributed by atoms with Crippen LogP contribution >= 0.6 is 0 Å². The van der Waals surface area contributed by atoms with Crippen LogP contribution in [0.4, 0.5) is 0 Å². The predicted molar refractivity (Wildman–Crippen MR) is 123 cm³/mol. The number of hydrogen-bond donors (Lipinski definition) is 0. The molecule has 1 fully saturated rings. The van der Waals surface area contributed by atoms with Crippen molar-refractivity contribution in [3.63, 3.8) is 0 Å². The number of nitriles is 1. The normalized spacial score (nSPS) is 17.3. The molecule has 2 aromatic carbocycles. The van der Waals surface area contributed by atoms with Crippen LogP contribution in [0.25, 0.3) is 21.8 Å². The molecule has 3 heterocycles. The Morgan fingerprint density at radius 2 is 1.65 bits per heavy atom. The molecule has 154 valence electrons. The number of fused-ring (bicyclic) bond motifs is 3. The lowest BCUT2D eigenvalue weighted by molar-refractivity contribution is 0.00578. The van der Waals surface area contributed by atoms with Crippen LogP contribution in [-0.2, 0) is 15.9 Å². The third-order valence-electron chi connectivity index (χ3n) is 6.59. The zero-order valence-electron chi connectivity index (χ0n) is 18.2. The first-order valence-corrected chi connectivity index (χ1v) is 10.5. The highest BCUT2D eigenvalue weighted by molar-refractivity contribution is 6.62. The Morgan fingerprint density at radius 3 is 2.39 bits per heavy atom. The van der Waals surface area contributed by atoms with Gasteiger partial charge in [-0.3, -0.25) is 4.98 Å². The van der Waals surface area contributed by atoms with Crippen molar-refractivity contribution in [1.29, 1.82) is 5.26 Å². The van der Waals surface area contributed by atoms with Crippen LogP contribution in [0.5, 0.6) is 0 Å². The van der Waals surface area contributed by atoms with E-state index in [1.165, 1.54) is 5.39 Å². The number of para-hydroxylation sites is 1. The van der Waals surface area contributed by atoms with Crippen molar-refractivity contribution in [3.8, 4) is 6.07 Å². The van der Waals surface area contributed by atoms with E-state index in [4.69, 9.17) is 9.31 Å². The highest BCUT2D eigenvalue weighted by Gasteiger charge is 2.51. The lowest BCUT2D eigenvalue weighted by Crippen LogP contribution is -2.41. The van der Waals surface area contributed by atoms with Gasteiger partial charge in [0.15, 0.2) is 0 Å². The van der Waals surface area contributed by atoms with Crippen LogP contribution < -0.4 is 5.46 Å². The Labute approximate surface area is 182 Å². The first-order valence-electron chi connectivity index (χ1n) is 10.5. The summed E-state index contributed by atoms with van der Waals surface area (Å²) in [5.74, 6) is 0. The Kier molecular flexibility index (Phi) is 4.44. The molecular formula is C25H24BN3O2. The van der Waals surface area contributed by atoms with Crippen LogP contribution in [0.2, 0.25) is 0 Å². The fraction of sp³-hybridized carbons (Fsp3) is 0.280. The molecule has 0 bridgehead atoms. The van der Waals surface area contributed by atoms with Gasteiger partial charge in [-0.15, -0.1) is 0 Å². The van der Waals surface area contributed by atoms with Crippen molar-refractivity contribution in [3.05, 3.63) is 72.1 Å². The number of aromatic nitrogens is 2. The molecule has 0 aliphatic carbocycles. The van der Waals surface area contributed by atoms with Gasteiger partial charge in [0.2, 0.25) is 0 Å². The zero-order valence-corrected chi connectivity index (χ0v) is 18.2. The number of pyridine rings is 1. The van der Waals surface area contributed by atoms with Crippen LogP contribution in [0.1, 0.15) is 39.0 Å². The first kappa shape index (κ1) is 19.8.